The number of rotatable bonds is 0. The third-order valence-electron chi connectivity index (χ3n) is 1.90. The number of allylic oxidation sites excluding steroid dienone is 2. The normalized spacial score (nSPS) is 20.2. The van der Waals surface area contributed by atoms with Crippen LogP contribution in [0.15, 0.2) is 9.81 Å². The molecule has 0 radical (unpaired) electrons. The first-order chi connectivity index (χ1) is 5.15. The van der Waals surface area contributed by atoms with Crippen LogP contribution in [0.25, 0.3) is 0 Å². The predicted molar refractivity (Wildman–Crippen MR) is 54.1 cm³/mol. The van der Waals surface area contributed by atoms with Gasteiger partial charge in [0.2, 0.25) is 0 Å². The fourth-order valence-corrected chi connectivity index (χ4v) is 3.47. The number of hydrogen-bond donors (Lipinski definition) is 0. The van der Waals surface area contributed by atoms with E-state index in [-0.39, 0.29) is 10.8 Å². The minimum absolute atomic E-state index is 0.0907. The van der Waals surface area contributed by atoms with Crippen LogP contribution in [0.4, 0.5) is 0 Å². The van der Waals surface area contributed by atoms with Gasteiger partial charge in [-0.25, -0.2) is 4.21 Å². The van der Waals surface area contributed by atoms with Crippen molar-refractivity contribution in [1.82, 2.24) is 0 Å². The lowest BCUT2D eigenvalue weighted by Crippen LogP contribution is -2.04. The molecular weight excluding hydrogens is 168 g/mol. The Hall–Kier alpha value is -0.110. The van der Waals surface area contributed by atoms with Crippen LogP contribution in [-0.2, 0) is 10.8 Å². The Morgan fingerprint density at radius 1 is 0.833 bits per heavy atom. The van der Waals surface area contributed by atoms with Crippen molar-refractivity contribution in [2.75, 3.05) is 0 Å². The van der Waals surface area contributed by atoms with Crippen molar-refractivity contribution < 1.29 is 4.21 Å². The van der Waals surface area contributed by atoms with Gasteiger partial charge < -0.3 is 0 Å². The minimum Gasteiger partial charge on any atom is -0.250 e. The van der Waals surface area contributed by atoms with Crippen LogP contribution in [0.1, 0.15) is 41.5 Å². The van der Waals surface area contributed by atoms with E-state index < -0.39 is 10.8 Å². The molecule has 0 saturated heterocycles. The molecule has 2 heteroatoms. The summed E-state index contributed by atoms with van der Waals surface area (Å²) < 4.78 is 11.5. The van der Waals surface area contributed by atoms with Crippen molar-refractivity contribution >= 4 is 10.8 Å². The van der Waals surface area contributed by atoms with E-state index >= 15 is 0 Å². The minimum atomic E-state index is -0.742. The smallest absolute Gasteiger partial charge is 0.0796 e. The Balaban J connectivity index is 2.98. The topological polar surface area (TPSA) is 17.1 Å². The summed E-state index contributed by atoms with van der Waals surface area (Å²) in [5, 5.41) is 0. The van der Waals surface area contributed by atoms with Gasteiger partial charge in [0, 0.05) is 9.81 Å². The average Bonchev–Trinajstić information content (AvgIpc) is 2.35. The molecule has 0 saturated carbocycles. The van der Waals surface area contributed by atoms with E-state index in [2.05, 4.69) is 41.5 Å². The van der Waals surface area contributed by atoms with Crippen LogP contribution in [0.2, 0.25) is 0 Å². The molecule has 1 rings (SSSR count). The molecule has 0 aromatic heterocycles. The van der Waals surface area contributed by atoms with Crippen molar-refractivity contribution in [2.24, 2.45) is 10.8 Å². The quantitative estimate of drug-likeness (QED) is 0.568. The van der Waals surface area contributed by atoms with Gasteiger partial charge in [-0.1, -0.05) is 41.5 Å². The van der Waals surface area contributed by atoms with Crippen molar-refractivity contribution in [1.29, 1.82) is 0 Å². The van der Waals surface area contributed by atoms with Crippen LogP contribution >= 0.6 is 0 Å². The van der Waals surface area contributed by atoms with E-state index in [1.54, 1.807) is 0 Å². The van der Waals surface area contributed by atoms with E-state index in [1.165, 1.54) is 0 Å². The Kier molecular flexibility index (Phi) is 2.03. The summed E-state index contributed by atoms with van der Waals surface area (Å²) in [6.45, 7) is 12.7. The van der Waals surface area contributed by atoms with Crippen molar-refractivity contribution in [2.45, 2.75) is 41.5 Å². The Labute approximate surface area is 77.7 Å². The molecule has 1 nitrogen and oxygen atoms in total. The summed E-state index contributed by atoms with van der Waals surface area (Å²) in [6, 6.07) is 0. The van der Waals surface area contributed by atoms with Crippen LogP contribution in [0.3, 0.4) is 0 Å². The molecule has 70 valence electrons. The molecule has 0 bridgehead atoms. The van der Waals surface area contributed by atoms with Gasteiger partial charge >= 0.3 is 0 Å². The van der Waals surface area contributed by atoms with Gasteiger partial charge in [-0.2, -0.15) is 0 Å². The van der Waals surface area contributed by atoms with E-state index in [4.69, 9.17) is 0 Å². The molecule has 1 aliphatic rings. The molecule has 1 heterocycles. The predicted octanol–water partition coefficient (Wildman–Crippen LogP) is 3.05. The van der Waals surface area contributed by atoms with Crippen molar-refractivity contribution in [3.8, 4) is 0 Å². The molecule has 0 spiro atoms. The summed E-state index contributed by atoms with van der Waals surface area (Å²) in [6.07, 6.45) is 0. The largest absolute Gasteiger partial charge is 0.250 e. The van der Waals surface area contributed by atoms with Crippen molar-refractivity contribution in [3.63, 3.8) is 0 Å². The third-order valence-corrected chi connectivity index (χ3v) is 4.07. The second-order valence-electron chi connectivity index (χ2n) is 5.43. The van der Waals surface area contributed by atoms with Gasteiger partial charge in [-0.05, 0) is 10.8 Å². The average molecular weight is 186 g/mol. The zero-order valence-electron chi connectivity index (χ0n) is 8.82. The third kappa shape index (κ3) is 1.63. The Bertz CT molecular complexity index is 235. The molecule has 0 fully saturated rings. The molecule has 0 aromatic carbocycles. The molecular formula is C10H18OS. The molecule has 12 heavy (non-hydrogen) atoms. The summed E-state index contributed by atoms with van der Waals surface area (Å²) in [5.41, 5.74) is 0.181. The van der Waals surface area contributed by atoms with Gasteiger partial charge in [0.1, 0.15) is 0 Å². The maximum atomic E-state index is 11.5. The first-order valence-electron chi connectivity index (χ1n) is 4.32. The highest BCUT2D eigenvalue weighted by atomic mass is 32.2. The SMILES string of the molecule is CC(C)(C)C1=C(C(C)(C)C)S1=O. The van der Waals surface area contributed by atoms with E-state index in [9.17, 15) is 4.21 Å². The molecule has 0 N–H and O–H groups in total. The first-order valence-corrected chi connectivity index (χ1v) is 5.47. The van der Waals surface area contributed by atoms with Gasteiger partial charge in [-0.15, -0.1) is 0 Å². The highest BCUT2D eigenvalue weighted by molar-refractivity contribution is 7.99. The monoisotopic (exact) mass is 186 g/mol. The summed E-state index contributed by atoms with van der Waals surface area (Å²) >= 11 is 0. The lowest BCUT2D eigenvalue weighted by atomic mass is 9.89. The Morgan fingerprint density at radius 2 is 1.08 bits per heavy atom. The van der Waals surface area contributed by atoms with Crippen LogP contribution in [0.5, 0.6) is 0 Å². The molecule has 0 aromatic rings. The second-order valence-corrected chi connectivity index (χ2v) is 6.78. The maximum Gasteiger partial charge on any atom is 0.0796 e. The molecule has 0 atom stereocenters. The molecule has 1 aliphatic heterocycles. The van der Waals surface area contributed by atoms with Gasteiger partial charge in [-0.3, -0.25) is 0 Å². The Morgan fingerprint density at radius 3 is 1.17 bits per heavy atom. The summed E-state index contributed by atoms with van der Waals surface area (Å²) in [4.78, 5) is 2.32. The van der Waals surface area contributed by atoms with Gasteiger partial charge in [0.05, 0.1) is 10.8 Å². The van der Waals surface area contributed by atoms with Crippen molar-refractivity contribution in [3.05, 3.63) is 9.81 Å². The highest BCUT2D eigenvalue weighted by Crippen LogP contribution is 2.52. The number of hydrogen-bond acceptors (Lipinski definition) is 1. The van der Waals surface area contributed by atoms with Gasteiger partial charge in [0.15, 0.2) is 0 Å². The first kappa shape index (κ1) is 9.97. The van der Waals surface area contributed by atoms with E-state index in [0.717, 1.165) is 9.81 Å². The van der Waals surface area contributed by atoms with E-state index in [1.807, 2.05) is 0 Å². The van der Waals surface area contributed by atoms with Gasteiger partial charge in [0.25, 0.3) is 0 Å². The summed E-state index contributed by atoms with van der Waals surface area (Å²) in [7, 11) is -0.742. The summed E-state index contributed by atoms with van der Waals surface area (Å²) in [5.74, 6) is 0. The fourth-order valence-electron chi connectivity index (χ4n) is 1.37. The highest BCUT2D eigenvalue weighted by Gasteiger charge is 2.46. The van der Waals surface area contributed by atoms with Crippen LogP contribution in [-0.4, -0.2) is 4.21 Å². The van der Waals surface area contributed by atoms with Crippen LogP contribution in [0, 0.1) is 10.8 Å². The lowest BCUT2D eigenvalue weighted by Gasteiger charge is -2.13. The standard InChI is InChI=1S/C10H18OS/c1-9(2,3)7-8(12(7)11)10(4,5)6/h1-6H3. The lowest BCUT2D eigenvalue weighted by molar-refractivity contribution is 0.502. The van der Waals surface area contributed by atoms with E-state index in [0.29, 0.717) is 0 Å². The second kappa shape index (κ2) is 2.44. The fraction of sp³-hybridized carbons (Fsp3) is 0.800. The zero-order chi connectivity index (χ0) is 9.73. The molecule has 0 unspecified atom stereocenters. The van der Waals surface area contributed by atoms with Crippen LogP contribution < -0.4 is 0 Å². The zero-order valence-corrected chi connectivity index (χ0v) is 9.63. The molecule has 0 aliphatic carbocycles. The molecule has 0 amide bonds. The maximum absolute atomic E-state index is 11.5.